The number of ether oxygens (including phenoxy) is 1. The monoisotopic (exact) mass is 348 g/mol. The minimum absolute atomic E-state index is 0.0834. The van der Waals surface area contributed by atoms with Gasteiger partial charge in [0.05, 0.1) is 11.1 Å². The van der Waals surface area contributed by atoms with E-state index < -0.39 is 10.0 Å². The highest BCUT2D eigenvalue weighted by Gasteiger charge is 2.30. The van der Waals surface area contributed by atoms with E-state index in [9.17, 15) is 8.42 Å². The molecule has 0 saturated carbocycles. The highest BCUT2D eigenvalue weighted by Crippen LogP contribution is 2.28. The Bertz CT molecular complexity index is 641. The smallest absolute Gasteiger partial charge is 0.244 e. The fourth-order valence-corrected chi connectivity index (χ4v) is 4.43. The molecule has 116 valence electrons. The third kappa shape index (κ3) is 3.54. The summed E-state index contributed by atoms with van der Waals surface area (Å²) in [5, 5.41) is 0.133. The van der Waals surface area contributed by atoms with E-state index in [0.717, 1.165) is 0 Å². The Hall–Kier alpha value is -0.730. The van der Waals surface area contributed by atoms with E-state index in [0.29, 0.717) is 31.5 Å². The molecule has 2 rings (SSSR count). The first-order valence-electron chi connectivity index (χ1n) is 6.48. The van der Waals surface area contributed by atoms with Crippen LogP contribution in [0.4, 0.5) is 0 Å². The molecule has 1 aromatic carbocycles. The summed E-state index contributed by atoms with van der Waals surface area (Å²) >= 11 is 10.9. The number of hydrogen-bond donors (Lipinski definition) is 1. The van der Waals surface area contributed by atoms with E-state index in [1.165, 1.54) is 16.4 Å². The second kappa shape index (κ2) is 6.58. The standard InChI is InChI=1S/C13H17ClN2O3S2/c1-19-10-4-6-16(7-5-10)21(17,18)12-3-2-9(13(15)20)8-11(12)14/h2-3,8,10H,4-7H2,1H3,(H2,15,20). The maximum atomic E-state index is 12.6. The third-order valence-corrected chi connectivity index (χ3v) is 6.19. The normalized spacial score (nSPS) is 17.8. The summed E-state index contributed by atoms with van der Waals surface area (Å²) < 4.78 is 31.9. The number of rotatable bonds is 4. The van der Waals surface area contributed by atoms with E-state index >= 15 is 0 Å². The van der Waals surface area contributed by atoms with Crippen molar-refractivity contribution in [3.8, 4) is 0 Å². The lowest BCUT2D eigenvalue weighted by Crippen LogP contribution is -2.40. The minimum Gasteiger partial charge on any atom is -0.389 e. The molecule has 1 fully saturated rings. The van der Waals surface area contributed by atoms with Crippen molar-refractivity contribution in [1.29, 1.82) is 0 Å². The summed E-state index contributed by atoms with van der Waals surface area (Å²) in [7, 11) is -1.97. The molecule has 0 radical (unpaired) electrons. The number of halogens is 1. The van der Waals surface area contributed by atoms with Crippen LogP contribution < -0.4 is 5.73 Å². The van der Waals surface area contributed by atoms with E-state index in [1.54, 1.807) is 13.2 Å². The Morgan fingerprint density at radius 3 is 2.52 bits per heavy atom. The van der Waals surface area contributed by atoms with E-state index in [1.807, 2.05) is 0 Å². The van der Waals surface area contributed by atoms with Gasteiger partial charge < -0.3 is 10.5 Å². The van der Waals surface area contributed by atoms with Crippen molar-refractivity contribution in [2.24, 2.45) is 5.73 Å². The van der Waals surface area contributed by atoms with Crippen LogP contribution in [0, 0.1) is 0 Å². The van der Waals surface area contributed by atoms with Gasteiger partial charge in [-0.25, -0.2) is 8.42 Å². The number of nitrogens with two attached hydrogens (primary N) is 1. The molecule has 8 heteroatoms. The average Bonchev–Trinajstić information content (AvgIpc) is 2.46. The molecule has 5 nitrogen and oxygen atoms in total. The fraction of sp³-hybridized carbons (Fsp3) is 0.462. The van der Waals surface area contributed by atoms with Crippen molar-refractivity contribution in [2.75, 3.05) is 20.2 Å². The highest BCUT2D eigenvalue weighted by atomic mass is 35.5. The van der Waals surface area contributed by atoms with E-state index in [-0.39, 0.29) is 21.0 Å². The predicted octanol–water partition coefficient (Wildman–Crippen LogP) is 1.77. The minimum atomic E-state index is -3.61. The fourth-order valence-electron chi connectivity index (χ4n) is 2.31. The van der Waals surface area contributed by atoms with Crippen LogP contribution in [0.5, 0.6) is 0 Å². The number of thiocarbonyl (C=S) groups is 1. The lowest BCUT2D eigenvalue weighted by molar-refractivity contribution is 0.0604. The van der Waals surface area contributed by atoms with Crippen molar-refractivity contribution in [3.05, 3.63) is 28.8 Å². The van der Waals surface area contributed by atoms with Gasteiger partial charge in [-0.2, -0.15) is 4.31 Å². The first-order valence-corrected chi connectivity index (χ1v) is 8.71. The molecule has 21 heavy (non-hydrogen) atoms. The molecule has 0 aromatic heterocycles. The Kier molecular flexibility index (Phi) is 5.21. The number of piperidine rings is 1. The maximum absolute atomic E-state index is 12.6. The molecular formula is C13H17ClN2O3S2. The van der Waals surface area contributed by atoms with Crippen molar-refractivity contribution < 1.29 is 13.2 Å². The topological polar surface area (TPSA) is 72.6 Å². The van der Waals surface area contributed by atoms with Gasteiger partial charge in [0.2, 0.25) is 10.0 Å². The molecule has 1 aliphatic rings. The van der Waals surface area contributed by atoms with Crippen molar-refractivity contribution in [3.63, 3.8) is 0 Å². The summed E-state index contributed by atoms with van der Waals surface area (Å²) in [6, 6.07) is 4.51. The van der Waals surface area contributed by atoms with Crippen LogP contribution in [0.1, 0.15) is 18.4 Å². The lowest BCUT2D eigenvalue weighted by Gasteiger charge is -2.30. The van der Waals surface area contributed by atoms with Crippen molar-refractivity contribution in [1.82, 2.24) is 4.31 Å². The first-order chi connectivity index (χ1) is 9.86. The van der Waals surface area contributed by atoms with Gasteiger partial charge in [0.1, 0.15) is 9.88 Å². The summed E-state index contributed by atoms with van der Waals surface area (Å²) in [5.41, 5.74) is 6.06. The van der Waals surface area contributed by atoms with Gasteiger partial charge in [-0.3, -0.25) is 0 Å². The summed E-state index contributed by atoms with van der Waals surface area (Å²) in [6.07, 6.45) is 1.47. The second-order valence-electron chi connectivity index (χ2n) is 4.85. The number of nitrogens with zero attached hydrogens (tertiary/aromatic N) is 1. The summed E-state index contributed by atoms with van der Waals surface area (Å²) in [6.45, 7) is 0.850. The molecule has 1 aliphatic heterocycles. The number of hydrogen-bond acceptors (Lipinski definition) is 4. The van der Waals surface area contributed by atoms with Gasteiger partial charge in [0.15, 0.2) is 0 Å². The number of benzene rings is 1. The van der Waals surface area contributed by atoms with Gasteiger partial charge in [0.25, 0.3) is 0 Å². The Morgan fingerprint density at radius 1 is 1.43 bits per heavy atom. The number of sulfonamides is 1. The van der Waals surface area contributed by atoms with Gasteiger partial charge in [-0.15, -0.1) is 0 Å². The van der Waals surface area contributed by atoms with Crippen LogP contribution >= 0.6 is 23.8 Å². The number of methoxy groups -OCH3 is 1. The predicted molar refractivity (Wildman–Crippen MR) is 86.1 cm³/mol. The zero-order chi connectivity index (χ0) is 15.6. The van der Waals surface area contributed by atoms with Crippen LogP contribution in [0.25, 0.3) is 0 Å². The molecule has 1 heterocycles. The molecule has 2 N–H and O–H groups in total. The summed E-state index contributed by atoms with van der Waals surface area (Å²) in [5.74, 6) is 0. The van der Waals surface area contributed by atoms with Gasteiger partial charge in [0, 0.05) is 25.8 Å². The Balaban J connectivity index is 2.26. The van der Waals surface area contributed by atoms with Gasteiger partial charge in [-0.1, -0.05) is 29.9 Å². The SMILES string of the molecule is COC1CCN(S(=O)(=O)c2ccc(C(N)=S)cc2Cl)CC1. The molecular weight excluding hydrogens is 332 g/mol. The first kappa shape index (κ1) is 16.6. The van der Waals surface area contributed by atoms with Crippen LogP contribution in [0.3, 0.4) is 0 Å². The molecule has 0 unspecified atom stereocenters. The molecule has 0 aliphatic carbocycles. The molecule has 1 saturated heterocycles. The highest BCUT2D eigenvalue weighted by molar-refractivity contribution is 7.89. The zero-order valence-corrected chi connectivity index (χ0v) is 14.0. The quantitative estimate of drug-likeness (QED) is 0.839. The molecule has 0 amide bonds. The second-order valence-corrected chi connectivity index (χ2v) is 7.60. The maximum Gasteiger partial charge on any atom is 0.244 e. The molecule has 0 spiro atoms. The summed E-state index contributed by atoms with van der Waals surface area (Å²) in [4.78, 5) is 0.266. The van der Waals surface area contributed by atoms with Crippen LogP contribution in [0.15, 0.2) is 23.1 Å². The van der Waals surface area contributed by atoms with Crippen molar-refractivity contribution >= 4 is 38.8 Å². The average molecular weight is 349 g/mol. The van der Waals surface area contributed by atoms with E-state index in [2.05, 4.69) is 0 Å². The molecule has 1 aromatic rings. The lowest BCUT2D eigenvalue weighted by atomic mass is 10.1. The molecule has 0 bridgehead atoms. The Labute approximate surface area is 135 Å². The van der Waals surface area contributed by atoms with Crippen LogP contribution in [-0.2, 0) is 14.8 Å². The molecule has 0 atom stereocenters. The van der Waals surface area contributed by atoms with Crippen LogP contribution in [-0.4, -0.2) is 44.0 Å². The van der Waals surface area contributed by atoms with Gasteiger partial charge >= 0.3 is 0 Å². The zero-order valence-electron chi connectivity index (χ0n) is 11.6. The third-order valence-electron chi connectivity index (χ3n) is 3.57. The van der Waals surface area contributed by atoms with Crippen molar-refractivity contribution in [2.45, 2.75) is 23.8 Å². The largest absolute Gasteiger partial charge is 0.389 e. The van der Waals surface area contributed by atoms with Gasteiger partial charge in [-0.05, 0) is 25.0 Å². The Morgan fingerprint density at radius 2 is 2.05 bits per heavy atom. The van der Waals surface area contributed by atoms with Crippen LogP contribution in [0.2, 0.25) is 5.02 Å². The van der Waals surface area contributed by atoms with E-state index in [4.69, 9.17) is 34.3 Å².